The summed E-state index contributed by atoms with van der Waals surface area (Å²) in [5.74, 6) is 0.239. The Morgan fingerprint density at radius 3 is 2.82 bits per heavy atom. The number of halogens is 1. The van der Waals surface area contributed by atoms with Gasteiger partial charge in [0.2, 0.25) is 0 Å². The molecule has 0 amide bonds. The van der Waals surface area contributed by atoms with Crippen molar-refractivity contribution in [1.29, 1.82) is 0 Å². The van der Waals surface area contributed by atoms with Crippen molar-refractivity contribution < 1.29 is 14.3 Å². The van der Waals surface area contributed by atoms with E-state index in [-0.39, 0.29) is 12.6 Å². The molecule has 0 radical (unpaired) electrons. The van der Waals surface area contributed by atoms with Crippen LogP contribution in [0.5, 0.6) is 5.75 Å². The minimum atomic E-state index is -0.410. The second-order valence-corrected chi connectivity index (χ2v) is 4.63. The van der Waals surface area contributed by atoms with Crippen LogP contribution in [0, 0.1) is 0 Å². The topological polar surface area (TPSA) is 61.5 Å². The van der Waals surface area contributed by atoms with E-state index in [1.54, 1.807) is 0 Å². The molecule has 0 heterocycles. The highest BCUT2D eigenvalue weighted by Crippen LogP contribution is 2.29. The van der Waals surface area contributed by atoms with Crippen molar-refractivity contribution in [2.24, 2.45) is 5.73 Å². The summed E-state index contributed by atoms with van der Waals surface area (Å²) in [5, 5.41) is 0. The molecule has 17 heavy (non-hydrogen) atoms. The van der Waals surface area contributed by atoms with Crippen molar-refractivity contribution in [3.8, 4) is 5.75 Å². The summed E-state index contributed by atoms with van der Waals surface area (Å²) >= 11 is 3.39. The van der Waals surface area contributed by atoms with Gasteiger partial charge in [0, 0.05) is 6.04 Å². The molecule has 1 rings (SSSR count). The van der Waals surface area contributed by atoms with Crippen molar-refractivity contribution >= 4 is 21.9 Å². The lowest BCUT2D eigenvalue weighted by Crippen LogP contribution is -2.19. The maximum absolute atomic E-state index is 11.0. The fraction of sp³-hybridized carbons (Fsp3) is 0.417. The molecule has 0 spiro atoms. The molecule has 0 bridgehead atoms. The van der Waals surface area contributed by atoms with Gasteiger partial charge in [-0.2, -0.15) is 0 Å². The lowest BCUT2D eigenvalue weighted by Gasteiger charge is -2.13. The van der Waals surface area contributed by atoms with Gasteiger partial charge in [0.15, 0.2) is 6.61 Å². The molecule has 1 unspecified atom stereocenters. The normalized spacial score (nSPS) is 12.0. The third kappa shape index (κ3) is 4.36. The molecule has 0 aromatic heterocycles. The fourth-order valence-corrected chi connectivity index (χ4v) is 1.93. The predicted octanol–water partition coefficient (Wildman–Crippen LogP) is 1.89. The fourth-order valence-electron chi connectivity index (χ4n) is 1.41. The van der Waals surface area contributed by atoms with Gasteiger partial charge in [0.05, 0.1) is 11.6 Å². The minimum absolute atomic E-state index is 0.0322. The first-order valence-corrected chi connectivity index (χ1v) is 6.06. The van der Waals surface area contributed by atoms with Gasteiger partial charge >= 0.3 is 5.97 Å². The van der Waals surface area contributed by atoms with Gasteiger partial charge in [-0.3, -0.25) is 0 Å². The van der Waals surface area contributed by atoms with Crippen molar-refractivity contribution in [3.05, 3.63) is 28.2 Å². The predicted molar refractivity (Wildman–Crippen MR) is 69.0 cm³/mol. The summed E-state index contributed by atoms with van der Waals surface area (Å²) in [4.78, 5) is 11.0. The molecule has 2 N–H and O–H groups in total. The lowest BCUT2D eigenvalue weighted by atomic mass is 10.1. The van der Waals surface area contributed by atoms with Crippen LogP contribution >= 0.6 is 15.9 Å². The van der Waals surface area contributed by atoms with Gasteiger partial charge in [0.25, 0.3) is 0 Å². The first-order chi connectivity index (χ1) is 8.04. The molecule has 0 saturated carbocycles. The molecule has 5 heteroatoms. The van der Waals surface area contributed by atoms with E-state index in [1.807, 2.05) is 25.1 Å². The van der Waals surface area contributed by atoms with Gasteiger partial charge in [0.1, 0.15) is 5.75 Å². The van der Waals surface area contributed by atoms with Crippen LogP contribution in [0.1, 0.15) is 12.5 Å². The summed E-state index contributed by atoms with van der Waals surface area (Å²) in [5.41, 5.74) is 6.73. The van der Waals surface area contributed by atoms with Crippen LogP contribution in [0.25, 0.3) is 0 Å². The zero-order chi connectivity index (χ0) is 12.8. The van der Waals surface area contributed by atoms with Crippen molar-refractivity contribution in [2.45, 2.75) is 19.4 Å². The van der Waals surface area contributed by atoms with Crippen LogP contribution in [0.3, 0.4) is 0 Å². The molecule has 1 atom stereocenters. The number of benzene rings is 1. The van der Waals surface area contributed by atoms with E-state index < -0.39 is 5.97 Å². The third-order valence-electron chi connectivity index (χ3n) is 2.15. The molecule has 1 aromatic carbocycles. The number of carbonyl (C=O) groups is 1. The average Bonchev–Trinajstić information content (AvgIpc) is 2.27. The second kappa shape index (κ2) is 6.61. The molecule has 0 fully saturated rings. The first-order valence-electron chi connectivity index (χ1n) is 5.27. The van der Waals surface area contributed by atoms with E-state index in [2.05, 4.69) is 20.7 Å². The van der Waals surface area contributed by atoms with E-state index in [1.165, 1.54) is 7.11 Å². The van der Waals surface area contributed by atoms with Gasteiger partial charge in [-0.05, 0) is 40.9 Å². The van der Waals surface area contributed by atoms with Crippen LogP contribution in [0.2, 0.25) is 0 Å². The Balaban J connectivity index is 2.83. The number of methoxy groups -OCH3 is 1. The lowest BCUT2D eigenvalue weighted by molar-refractivity contribution is -0.142. The van der Waals surface area contributed by atoms with Crippen molar-refractivity contribution in [2.75, 3.05) is 13.7 Å². The Morgan fingerprint density at radius 1 is 1.53 bits per heavy atom. The number of rotatable bonds is 5. The van der Waals surface area contributed by atoms with E-state index in [9.17, 15) is 4.79 Å². The number of hydrogen-bond donors (Lipinski definition) is 1. The maximum atomic E-state index is 11.0. The average molecular weight is 302 g/mol. The zero-order valence-electron chi connectivity index (χ0n) is 9.90. The highest BCUT2D eigenvalue weighted by Gasteiger charge is 2.11. The summed E-state index contributed by atoms with van der Waals surface area (Å²) in [7, 11) is 1.33. The first kappa shape index (κ1) is 14.0. The molecule has 94 valence electrons. The minimum Gasteiger partial charge on any atom is -0.480 e. The molecule has 0 aliphatic rings. The van der Waals surface area contributed by atoms with Crippen LogP contribution in [-0.2, 0) is 16.0 Å². The third-order valence-corrected chi connectivity index (χ3v) is 2.78. The number of ether oxygens (including phenoxy) is 2. The molecular weight excluding hydrogens is 286 g/mol. The number of para-hydroxylation sites is 1. The molecular formula is C12H16BrNO3. The van der Waals surface area contributed by atoms with Crippen LogP contribution in [0.15, 0.2) is 22.7 Å². The van der Waals surface area contributed by atoms with Crippen molar-refractivity contribution in [3.63, 3.8) is 0 Å². The molecule has 0 aliphatic carbocycles. The Bertz CT molecular complexity index is 393. The van der Waals surface area contributed by atoms with Gasteiger partial charge in [-0.1, -0.05) is 12.1 Å². The summed E-state index contributed by atoms with van der Waals surface area (Å²) in [6.45, 7) is 1.82. The smallest absolute Gasteiger partial charge is 0.343 e. The Hall–Kier alpha value is -1.07. The van der Waals surface area contributed by atoms with Gasteiger partial charge < -0.3 is 15.2 Å². The number of hydrogen-bond acceptors (Lipinski definition) is 4. The number of carbonyl (C=O) groups excluding carboxylic acids is 1. The Kier molecular flexibility index (Phi) is 5.44. The SMILES string of the molecule is COC(=O)COc1c(Br)cccc1CC(C)N. The van der Waals surface area contributed by atoms with E-state index in [4.69, 9.17) is 10.5 Å². The van der Waals surface area contributed by atoms with Crippen LogP contribution in [-0.4, -0.2) is 25.7 Å². The highest BCUT2D eigenvalue weighted by atomic mass is 79.9. The van der Waals surface area contributed by atoms with Crippen LogP contribution in [0.4, 0.5) is 0 Å². The standard InChI is InChI=1S/C12H16BrNO3/c1-8(14)6-9-4-3-5-10(13)12(9)17-7-11(15)16-2/h3-5,8H,6-7,14H2,1-2H3. The Morgan fingerprint density at radius 2 is 2.24 bits per heavy atom. The van der Waals surface area contributed by atoms with Gasteiger partial charge in [-0.25, -0.2) is 4.79 Å². The van der Waals surface area contributed by atoms with Crippen LogP contribution < -0.4 is 10.5 Å². The van der Waals surface area contributed by atoms with Crippen molar-refractivity contribution in [1.82, 2.24) is 0 Å². The quantitative estimate of drug-likeness (QED) is 0.844. The molecule has 1 aromatic rings. The largest absolute Gasteiger partial charge is 0.480 e. The second-order valence-electron chi connectivity index (χ2n) is 3.77. The molecule has 4 nitrogen and oxygen atoms in total. The van der Waals surface area contributed by atoms with E-state index in [0.717, 1.165) is 10.0 Å². The summed E-state index contributed by atoms with van der Waals surface area (Å²) in [6.07, 6.45) is 0.690. The summed E-state index contributed by atoms with van der Waals surface area (Å²) in [6, 6.07) is 5.73. The maximum Gasteiger partial charge on any atom is 0.343 e. The summed E-state index contributed by atoms with van der Waals surface area (Å²) < 4.78 is 10.8. The molecule has 0 saturated heterocycles. The molecule has 0 aliphatic heterocycles. The monoisotopic (exact) mass is 301 g/mol. The zero-order valence-corrected chi connectivity index (χ0v) is 11.5. The number of nitrogens with two attached hydrogens (primary N) is 1. The van der Waals surface area contributed by atoms with E-state index >= 15 is 0 Å². The van der Waals surface area contributed by atoms with Gasteiger partial charge in [-0.15, -0.1) is 0 Å². The highest BCUT2D eigenvalue weighted by molar-refractivity contribution is 9.10. The number of esters is 1. The van der Waals surface area contributed by atoms with E-state index in [0.29, 0.717) is 12.2 Å². The Labute approximate surface area is 109 Å².